The Bertz CT molecular complexity index is 600. The fourth-order valence-electron chi connectivity index (χ4n) is 7.68. The molecule has 0 aromatic carbocycles. The van der Waals surface area contributed by atoms with Crippen LogP contribution in [0.3, 0.4) is 0 Å². The zero-order valence-corrected chi connectivity index (χ0v) is 17.2. The standard InChI is InChI=1S/C21H31BrO3/c1-18-7-3-4-15(18)16-6-5-14-12-20(24-10-11-25-20)9-8-19(14,2)21(16,22)17(23)13-18/h14-16H,3-13H2,1-2H3/t14-,15+,16-,18+,19-,21-/m0/s1. The van der Waals surface area contributed by atoms with Crippen LogP contribution in [0, 0.1) is 28.6 Å². The number of ketones is 1. The van der Waals surface area contributed by atoms with Crippen LogP contribution in [0.5, 0.6) is 0 Å². The highest BCUT2D eigenvalue weighted by Crippen LogP contribution is 2.70. The number of Topliss-reactive ketones (excluding diaryl/α,β-unsaturated/α-hetero) is 1. The number of hydrogen-bond acceptors (Lipinski definition) is 3. The highest BCUT2D eigenvalue weighted by Gasteiger charge is 2.70. The van der Waals surface area contributed by atoms with Gasteiger partial charge in [0.1, 0.15) is 0 Å². The van der Waals surface area contributed by atoms with E-state index in [-0.39, 0.29) is 20.9 Å². The predicted molar refractivity (Wildman–Crippen MR) is 99.5 cm³/mol. The van der Waals surface area contributed by atoms with Crippen molar-refractivity contribution in [3.8, 4) is 0 Å². The minimum atomic E-state index is -0.347. The van der Waals surface area contributed by atoms with E-state index in [4.69, 9.17) is 9.47 Å². The van der Waals surface area contributed by atoms with Gasteiger partial charge in [0.2, 0.25) is 0 Å². The lowest BCUT2D eigenvalue weighted by atomic mass is 9.44. The molecule has 0 unspecified atom stereocenters. The average Bonchev–Trinajstić information content (AvgIpc) is 3.17. The summed E-state index contributed by atoms with van der Waals surface area (Å²) in [6.45, 7) is 6.24. The number of rotatable bonds is 0. The van der Waals surface area contributed by atoms with E-state index in [0.717, 1.165) is 44.8 Å². The van der Waals surface area contributed by atoms with Crippen LogP contribution in [-0.2, 0) is 14.3 Å². The molecule has 6 atom stereocenters. The molecule has 25 heavy (non-hydrogen) atoms. The Hall–Kier alpha value is 0.0700. The van der Waals surface area contributed by atoms with Gasteiger partial charge in [-0.05, 0) is 60.7 Å². The molecular weight excluding hydrogens is 380 g/mol. The molecule has 4 saturated carbocycles. The Kier molecular flexibility index (Phi) is 3.66. The van der Waals surface area contributed by atoms with Crippen LogP contribution in [0.25, 0.3) is 0 Å². The van der Waals surface area contributed by atoms with Gasteiger partial charge in [0.25, 0.3) is 0 Å². The van der Waals surface area contributed by atoms with Crippen molar-refractivity contribution in [1.82, 2.24) is 0 Å². The van der Waals surface area contributed by atoms with Crippen molar-refractivity contribution >= 4 is 21.7 Å². The molecule has 0 bridgehead atoms. The van der Waals surface area contributed by atoms with E-state index >= 15 is 0 Å². The van der Waals surface area contributed by atoms with Crippen molar-refractivity contribution in [1.29, 1.82) is 0 Å². The predicted octanol–water partition coefficient (Wildman–Crippen LogP) is 4.86. The maximum atomic E-state index is 13.6. The van der Waals surface area contributed by atoms with E-state index in [1.54, 1.807) is 0 Å². The van der Waals surface area contributed by atoms with Crippen molar-refractivity contribution in [2.75, 3.05) is 13.2 Å². The molecule has 5 aliphatic rings. The number of carbonyl (C=O) groups is 1. The second-order valence-electron chi connectivity index (χ2n) is 10.1. The summed E-state index contributed by atoms with van der Waals surface area (Å²) in [5, 5.41) is 0. The molecule has 4 heteroatoms. The van der Waals surface area contributed by atoms with Crippen LogP contribution in [0.2, 0.25) is 0 Å². The van der Waals surface area contributed by atoms with Crippen LogP contribution in [0.4, 0.5) is 0 Å². The van der Waals surface area contributed by atoms with Crippen LogP contribution < -0.4 is 0 Å². The largest absolute Gasteiger partial charge is 0.348 e. The molecular formula is C21H31BrO3. The summed E-state index contributed by atoms with van der Waals surface area (Å²) in [5.41, 5.74) is 0.299. The summed E-state index contributed by atoms with van der Waals surface area (Å²) < 4.78 is 11.7. The fourth-order valence-corrected chi connectivity index (χ4v) is 8.89. The number of fused-ring (bicyclic) bond motifs is 5. The molecule has 4 aliphatic carbocycles. The van der Waals surface area contributed by atoms with Crippen LogP contribution in [-0.4, -0.2) is 29.1 Å². The number of halogens is 1. The molecule has 0 amide bonds. The maximum absolute atomic E-state index is 13.6. The zero-order valence-electron chi connectivity index (χ0n) is 15.6. The SMILES string of the molecule is C[C@]12CCC[C@@H]1[C@@H]1CC[C@H]3CC4(CC[C@]3(C)[C@@]1(Br)C(=O)C2)OCCO4. The average molecular weight is 411 g/mol. The molecule has 0 aromatic heterocycles. The third kappa shape index (κ3) is 2.08. The van der Waals surface area contributed by atoms with Crippen molar-refractivity contribution in [2.45, 2.75) is 81.7 Å². The van der Waals surface area contributed by atoms with E-state index < -0.39 is 0 Å². The van der Waals surface area contributed by atoms with E-state index in [1.807, 2.05) is 0 Å². The topological polar surface area (TPSA) is 35.5 Å². The number of alkyl halides is 1. The van der Waals surface area contributed by atoms with Crippen molar-refractivity contribution in [3.63, 3.8) is 0 Å². The van der Waals surface area contributed by atoms with E-state index in [9.17, 15) is 4.79 Å². The van der Waals surface area contributed by atoms with Crippen LogP contribution >= 0.6 is 15.9 Å². The lowest BCUT2D eigenvalue weighted by molar-refractivity contribution is -0.221. The number of ether oxygens (including phenoxy) is 2. The van der Waals surface area contributed by atoms with Gasteiger partial charge in [0, 0.05) is 19.3 Å². The number of carbonyl (C=O) groups excluding carboxylic acids is 1. The molecule has 0 aromatic rings. The third-order valence-electron chi connectivity index (χ3n) is 9.08. The first-order chi connectivity index (χ1) is 11.8. The van der Waals surface area contributed by atoms with Gasteiger partial charge < -0.3 is 9.47 Å². The molecule has 3 nitrogen and oxygen atoms in total. The minimum Gasteiger partial charge on any atom is -0.348 e. The van der Waals surface area contributed by atoms with Crippen molar-refractivity contribution in [3.05, 3.63) is 0 Å². The van der Waals surface area contributed by atoms with Crippen molar-refractivity contribution in [2.24, 2.45) is 28.6 Å². The van der Waals surface area contributed by atoms with Crippen LogP contribution in [0.15, 0.2) is 0 Å². The Labute approximate surface area is 159 Å². The first-order valence-corrected chi connectivity index (χ1v) is 11.1. The quantitative estimate of drug-likeness (QED) is 0.534. The van der Waals surface area contributed by atoms with Gasteiger partial charge in [-0.1, -0.05) is 36.2 Å². The first-order valence-electron chi connectivity index (χ1n) is 10.3. The van der Waals surface area contributed by atoms with Gasteiger partial charge in [-0.2, -0.15) is 0 Å². The summed E-state index contributed by atoms with van der Waals surface area (Å²) in [7, 11) is 0. The van der Waals surface area contributed by atoms with Gasteiger partial charge in [-0.3, -0.25) is 4.79 Å². The third-order valence-corrected chi connectivity index (χ3v) is 11.0. The summed E-state index contributed by atoms with van der Waals surface area (Å²) in [6.07, 6.45) is 10.0. The molecule has 5 fully saturated rings. The second kappa shape index (κ2) is 5.32. The molecule has 1 heterocycles. The van der Waals surface area contributed by atoms with Gasteiger partial charge in [-0.25, -0.2) is 0 Å². The first kappa shape index (κ1) is 17.2. The lowest BCUT2D eigenvalue weighted by Gasteiger charge is -2.64. The van der Waals surface area contributed by atoms with Crippen molar-refractivity contribution < 1.29 is 14.3 Å². The van der Waals surface area contributed by atoms with Gasteiger partial charge >= 0.3 is 0 Å². The molecule has 0 radical (unpaired) electrons. The smallest absolute Gasteiger partial charge is 0.168 e. The fraction of sp³-hybridized carbons (Fsp3) is 0.952. The normalized spacial score (nSPS) is 54.2. The van der Waals surface area contributed by atoms with Gasteiger partial charge in [0.15, 0.2) is 11.6 Å². The zero-order chi connectivity index (χ0) is 17.5. The Morgan fingerprint density at radius 2 is 1.76 bits per heavy atom. The number of hydrogen-bond donors (Lipinski definition) is 0. The highest BCUT2D eigenvalue weighted by molar-refractivity contribution is 9.10. The Morgan fingerprint density at radius 1 is 1.00 bits per heavy atom. The second-order valence-corrected chi connectivity index (χ2v) is 11.3. The van der Waals surface area contributed by atoms with E-state index in [2.05, 4.69) is 29.8 Å². The maximum Gasteiger partial charge on any atom is 0.168 e. The molecule has 1 spiro atoms. The summed E-state index contributed by atoms with van der Waals surface area (Å²) in [5.74, 6) is 1.90. The Balaban J connectivity index is 1.52. The van der Waals surface area contributed by atoms with Gasteiger partial charge in [0.05, 0.1) is 17.5 Å². The van der Waals surface area contributed by atoms with Gasteiger partial charge in [-0.15, -0.1) is 0 Å². The summed E-state index contributed by atoms with van der Waals surface area (Å²) >= 11 is 4.16. The molecule has 1 aliphatic heterocycles. The summed E-state index contributed by atoms with van der Waals surface area (Å²) in [4.78, 5) is 13.6. The molecule has 1 saturated heterocycles. The minimum absolute atomic E-state index is 0.0392. The summed E-state index contributed by atoms with van der Waals surface area (Å²) in [6, 6.07) is 0. The highest BCUT2D eigenvalue weighted by atomic mass is 79.9. The Morgan fingerprint density at radius 3 is 2.52 bits per heavy atom. The van der Waals surface area contributed by atoms with E-state index in [1.165, 1.54) is 32.1 Å². The monoisotopic (exact) mass is 410 g/mol. The molecule has 0 N–H and O–H groups in total. The van der Waals surface area contributed by atoms with Crippen LogP contribution in [0.1, 0.15) is 71.6 Å². The lowest BCUT2D eigenvalue weighted by Crippen LogP contribution is -2.67. The van der Waals surface area contributed by atoms with E-state index in [0.29, 0.717) is 17.6 Å². The molecule has 5 rings (SSSR count). The molecule has 140 valence electrons.